The summed E-state index contributed by atoms with van der Waals surface area (Å²) >= 11 is 5.95. The van der Waals surface area contributed by atoms with Crippen LogP contribution in [0.5, 0.6) is 6.01 Å². The van der Waals surface area contributed by atoms with E-state index in [1.807, 2.05) is 17.1 Å². The van der Waals surface area contributed by atoms with Crippen molar-refractivity contribution in [2.75, 3.05) is 37.7 Å². The van der Waals surface area contributed by atoms with Gasteiger partial charge in [-0.25, -0.2) is 14.2 Å². The van der Waals surface area contributed by atoms with Gasteiger partial charge in [0.25, 0.3) is 0 Å². The molecule has 2 atom stereocenters. The Morgan fingerprint density at radius 1 is 1.21 bits per heavy atom. The third-order valence-electron chi connectivity index (χ3n) is 7.49. The molecule has 33 heavy (non-hydrogen) atoms. The second-order valence-corrected chi connectivity index (χ2v) is 9.63. The lowest BCUT2D eigenvalue weighted by Crippen LogP contribution is -2.56. The number of fused-ring (bicyclic) bond motifs is 4. The molecular formula is C22H24ClFN6O3. The van der Waals surface area contributed by atoms with Crippen LogP contribution in [-0.4, -0.2) is 86.4 Å². The number of carboxylic acid groups (broad SMARTS) is 1. The molecule has 2 bridgehead atoms. The molecule has 2 aromatic heterocycles. The molecule has 2 aromatic rings. The first-order chi connectivity index (χ1) is 15.9. The zero-order valence-electron chi connectivity index (χ0n) is 18.0. The van der Waals surface area contributed by atoms with Crippen molar-refractivity contribution in [3.05, 3.63) is 29.3 Å². The predicted molar refractivity (Wildman–Crippen MR) is 119 cm³/mol. The first-order valence-corrected chi connectivity index (χ1v) is 11.7. The minimum absolute atomic E-state index is 0.00303. The lowest BCUT2D eigenvalue weighted by atomic mass is 9.95. The van der Waals surface area contributed by atoms with Gasteiger partial charge in [0.05, 0.1) is 23.0 Å². The Morgan fingerprint density at radius 2 is 1.91 bits per heavy atom. The SMILES string of the molecule is O=C(O)N1[C@@H]2C=C[C@H]1CN(c1nc(OCC34CCCN3CCC4)nc3c(F)c(Cl)ncc13)C2. The van der Waals surface area contributed by atoms with Crippen LogP contribution in [0.15, 0.2) is 18.3 Å². The number of nitrogens with zero attached hydrogens (tertiary/aromatic N) is 6. The first kappa shape index (κ1) is 20.9. The average molecular weight is 475 g/mol. The molecule has 1 amide bonds. The second kappa shape index (κ2) is 7.66. The fourth-order valence-electron chi connectivity index (χ4n) is 5.93. The van der Waals surface area contributed by atoms with Gasteiger partial charge in [-0.1, -0.05) is 23.8 Å². The molecule has 0 spiro atoms. The van der Waals surface area contributed by atoms with E-state index in [1.165, 1.54) is 11.1 Å². The van der Waals surface area contributed by atoms with Crippen LogP contribution in [0.25, 0.3) is 10.9 Å². The number of anilines is 1. The van der Waals surface area contributed by atoms with Crippen molar-refractivity contribution in [2.45, 2.75) is 43.3 Å². The molecule has 4 aliphatic heterocycles. The zero-order chi connectivity index (χ0) is 22.7. The molecule has 6 rings (SSSR count). The summed E-state index contributed by atoms with van der Waals surface area (Å²) in [4.78, 5) is 30.5. The molecule has 9 nitrogen and oxygen atoms in total. The minimum Gasteiger partial charge on any atom is -0.465 e. The molecule has 11 heteroatoms. The van der Waals surface area contributed by atoms with Gasteiger partial charge in [0.15, 0.2) is 11.0 Å². The fraction of sp³-hybridized carbons (Fsp3) is 0.545. The molecule has 0 aliphatic carbocycles. The maximum atomic E-state index is 14.9. The van der Waals surface area contributed by atoms with E-state index in [0.717, 1.165) is 38.8 Å². The number of hydrogen-bond acceptors (Lipinski definition) is 7. The Bertz CT molecular complexity index is 1140. The van der Waals surface area contributed by atoms with Gasteiger partial charge in [-0.2, -0.15) is 9.97 Å². The highest BCUT2D eigenvalue weighted by atomic mass is 35.5. The summed E-state index contributed by atoms with van der Waals surface area (Å²) in [5, 5.41) is 9.72. The number of halogens is 2. The molecule has 3 fully saturated rings. The van der Waals surface area contributed by atoms with E-state index in [1.54, 1.807) is 0 Å². The molecule has 0 unspecified atom stereocenters. The van der Waals surface area contributed by atoms with E-state index in [-0.39, 0.29) is 34.3 Å². The number of hydrogen-bond donors (Lipinski definition) is 1. The number of piperazine rings is 1. The predicted octanol–water partition coefficient (Wildman–Crippen LogP) is 2.93. The summed E-state index contributed by atoms with van der Waals surface area (Å²) in [7, 11) is 0. The summed E-state index contributed by atoms with van der Waals surface area (Å²) in [5.41, 5.74) is 0.0615. The van der Waals surface area contributed by atoms with Gasteiger partial charge in [0, 0.05) is 19.3 Å². The number of rotatable bonds is 4. The van der Waals surface area contributed by atoms with Crippen LogP contribution in [0.2, 0.25) is 5.15 Å². The average Bonchev–Trinajstić information content (AvgIpc) is 3.45. The van der Waals surface area contributed by atoms with E-state index in [0.29, 0.717) is 30.9 Å². The lowest BCUT2D eigenvalue weighted by Gasteiger charge is -2.40. The van der Waals surface area contributed by atoms with Crippen molar-refractivity contribution < 1.29 is 19.0 Å². The van der Waals surface area contributed by atoms with Gasteiger partial charge < -0.3 is 14.7 Å². The maximum absolute atomic E-state index is 14.9. The quantitative estimate of drug-likeness (QED) is 0.534. The topological polar surface area (TPSA) is 94.9 Å². The zero-order valence-corrected chi connectivity index (χ0v) is 18.7. The van der Waals surface area contributed by atoms with Crippen molar-refractivity contribution in [2.24, 2.45) is 0 Å². The van der Waals surface area contributed by atoms with Crippen LogP contribution in [0.3, 0.4) is 0 Å². The monoisotopic (exact) mass is 474 g/mol. The fourth-order valence-corrected chi connectivity index (χ4v) is 6.07. The summed E-state index contributed by atoms with van der Waals surface area (Å²) in [5.74, 6) is -0.233. The number of amides is 1. The van der Waals surface area contributed by atoms with Crippen LogP contribution in [0.4, 0.5) is 15.0 Å². The minimum atomic E-state index is -0.956. The Kier molecular flexibility index (Phi) is 4.84. The van der Waals surface area contributed by atoms with E-state index in [4.69, 9.17) is 16.3 Å². The Labute approximate surface area is 194 Å². The van der Waals surface area contributed by atoms with E-state index in [9.17, 15) is 14.3 Å². The maximum Gasteiger partial charge on any atom is 0.408 e. The Balaban J connectivity index is 1.35. The molecule has 1 N–H and O–H groups in total. The van der Waals surface area contributed by atoms with Gasteiger partial charge in [0.1, 0.15) is 17.9 Å². The third-order valence-corrected chi connectivity index (χ3v) is 7.75. The standard InChI is InChI=1S/C22H24ClFN6O3/c23-18-16(24)17-15(9-25-18)19(28-10-13-3-4-14(11-28)30(13)21(31)32)27-20(26-17)33-12-22-5-1-7-29(22)8-2-6-22/h3-4,9,13-14H,1-2,5-8,10-12H2,(H,31,32)/t13-,14+. The molecule has 0 saturated carbocycles. The van der Waals surface area contributed by atoms with Crippen LogP contribution in [0.1, 0.15) is 25.7 Å². The normalized spacial score (nSPS) is 25.8. The van der Waals surface area contributed by atoms with Crippen molar-refractivity contribution >= 4 is 34.4 Å². The molecule has 4 aliphatic rings. The van der Waals surface area contributed by atoms with E-state index in [2.05, 4.69) is 19.9 Å². The summed E-state index contributed by atoms with van der Waals surface area (Å²) in [6.45, 7) is 3.40. The van der Waals surface area contributed by atoms with E-state index < -0.39 is 11.9 Å². The highest BCUT2D eigenvalue weighted by Crippen LogP contribution is 2.39. The molecule has 0 aromatic carbocycles. The van der Waals surface area contributed by atoms with Gasteiger partial charge in [-0.05, 0) is 38.8 Å². The van der Waals surface area contributed by atoms with Crippen LogP contribution in [-0.2, 0) is 0 Å². The highest BCUT2D eigenvalue weighted by Gasteiger charge is 2.45. The lowest BCUT2D eigenvalue weighted by molar-refractivity contribution is 0.107. The third kappa shape index (κ3) is 3.30. The van der Waals surface area contributed by atoms with Crippen LogP contribution in [0, 0.1) is 5.82 Å². The molecule has 6 heterocycles. The largest absolute Gasteiger partial charge is 0.465 e. The van der Waals surface area contributed by atoms with Crippen molar-refractivity contribution in [1.82, 2.24) is 24.8 Å². The smallest absolute Gasteiger partial charge is 0.408 e. The number of ether oxygens (including phenoxy) is 1. The summed E-state index contributed by atoms with van der Waals surface area (Å²) < 4.78 is 21.1. The van der Waals surface area contributed by atoms with Gasteiger partial charge in [-0.3, -0.25) is 9.80 Å². The van der Waals surface area contributed by atoms with Crippen LogP contribution < -0.4 is 9.64 Å². The van der Waals surface area contributed by atoms with Crippen molar-refractivity contribution in [3.63, 3.8) is 0 Å². The number of carbonyl (C=O) groups is 1. The summed E-state index contributed by atoms with van der Waals surface area (Å²) in [6.07, 6.45) is 8.73. The van der Waals surface area contributed by atoms with Gasteiger partial charge in [0.2, 0.25) is 0 Å². The van der Waals surface area contributed by atoms with Gasteiger partial charge >= 0.3 is 12.1 Å². The van der Waals surface area contributed by atoms with Crippen molar-refractivity contribution in [3.8, 4) is 6.01 Å². The van der Waals surface area contributed by atoms with Gasteiger partial charge in [-0.15, -0.1) is 0 Å². The number of aromatic nitrogens is 3. The second-order valence-electron chi connectivity index (χ2n) is 9.28. The highest BCUT2D eigenvalue weighted by molar-refractivity contribution is 6.30. The molecule has 174 valence electrons. The van der Waals surface area contributed by atoms with Crippen molar-refractivity contribution in [1.29, 1.82) is 0 Å². The molecule has 3 saturated heterocycles. The van der Waals surface area contributed by atoms with E-state index >= 15 is 0 Å². The Morgan fingerprint density at radius 3 is 2.58 bits per heavy atom. The Hall–Kier alpha value is -2.72. The first-order valence-electron chi connectivity index (χ1n) is 11.3. The molecule has 0 radical (unpaired) electrons. The van der Waals surface area contributed by atoms with Crippen LogP contribution >= 0.6 is 11.6 Å². The summed E-state index contributed by atoms with van der Waals surface area (Å²) in [6, 6.07) is -0.497. The molecular weight excluding hydrogens is 451 g/mol. The number of pyridine rings is 1.